The van der Waals surface area contributed by atoms with E-state index in [1.165, 1.54) is 57.0 Å². The Morgan fingerprint density at radius 1 is 0.600 bits per heavy atom. The second kappa shape index (κ2) is 13.6. The van der Waals surface area contributed by atoms with Crippen molar-refractivity contribution in [1.29, 1.82) is 0 Å². The molecule has 0 radical (unpaired) electrons. The molecule has 1 aliphatic carbocycles. The Balaban J connectivity index is 0.000000118. The summed E-state index contributed by atoms with van der Waals surface area (Å²) in [6.07, 6.45) is 0. The predicted octanol–water partition coefficient (Wildman–Crippen LogP) is 11.9. The lowest BCUT2D eigenvalue weighted by Gasteiger charge is -2.10. The van der Waals surface area contributed by atoms with Gasteiger partial charge in [-0.2, -0.15) is 0 Å². The van der Waals surface area contributed by atoms with Crippen LogP contribution >= 0.6 is 68.0 Å². The molecule has 0 unspecified atom stereocenters. The summed E-state index contributed by atoms with van der Waals surface area (Å²) in [6.45, 7) is 10.8. The van der Waals surface area contributed by atoms with E-state index in [2.05, 4.69) is 37.4 Å². The molecule has 2 aromatic carbocycles. The van der Waals surface area contributed by atoms with Gasteiger partial charge in [0.05, 0.1) is 19.2 Å². The second-order valence-corrected chi connectivity index (χ2v) is 17.9. The van der Waals surface area contributed by atoms with Gasteiger partial charge in [-0.25, -0.2) is 0 Å². The number of hydrogen-bond donors (Lipinski definition) is 0. The fourth-order valence-electron chi connectivity index (χ4n) is 5.85. The molecule has 9 rings (SSSR count). The van der Waals surface area contributed by atoms with E-state index in [0.717, 1.165) is 46.4 Å². The second-order valence-electron chi connectivity index (χ2n) is 11.7. The number of esters is 2. The third-order valence-electron chi connectivity index (χ3n) is 7.97. The van der Waals surface area contributed by atoms with E-state index >= 15 is 0 Å². The molecule has 0 fully saturated rings. The zero-order valence-corrected chi connectivity index (χ0v) is 32.6. The molecule has 12 heteroatoms. The van der Waals surface area contributed by atoms with Crippen LogP contribution in [0.25, 0.3) is 40.3 Å². The minimum atomic E-state index is -0.270. The molecule has 50 heavy (non-hydrogen) atoms. The van der Waals surface area contributed by atoms with Gasteiger partial charge in [-0.3, -0.25) is 19.2 Å². The van der Waals surface area contributed by atoms with Crippen LogP contribution in [0.2, 0.25) is 0 Å². The molecule has 0 saturated carbocycles. The first-order valence-corrected chi connectivity index (χ1v) is 20.5. The Morgan fingerprint density at radius 2 is 1.28 bits per heavy atom. The van der Waals surface area contributed by atoms with E-state index in [9.17, 15) is 19.2 Å². The summed E-state index contributed by atoms with van der Waals surface area (Å²) in [7, 11) is 0. The molecular formula is C38H28O6S6. The molecule has 0 spiro atoms. The zero-order chi connectivity index (χ0) is 35.4. The number of ether oxygens (including phenoxy) is 2. The summed E-state index contributed by atoms with van der Waals surface area (Å²) in [4.78, 5) is 50.2. The Hall–Kier alpha value is -4.04. The van der Waals surface area contributed by atoms with Gasteiger partial charge in [-0.15, -0.1) is 68.0 Å². The summed E-state index contributed by atoms with van der Waals surface area (Å²) in [5.41, 5.74) is 3.35. The first kappa shape index (κ1) is 34.4. The summed E-state index contributed by atoms with van der Waals surface area (Å²) in [5, 5.41) is 12.4. The average Bonchev–Trinajstić information content (AvgIpc) is 3.90. The van der Waals surface area contributed by atoms with Crippen LogP contribution in [-0.2, 0) is 9.59 Å². The van der Waals surface area contributed by atoms with E-state index in [1.807, 2.05) is 48.2 Å². The quantitative estimate of drug-likeness (QED) is 0.128. The molecule has 6 heterocycles. The van der Waals surface area contributed by atoms with Crippen molar-refractivity contribution in [3.63, 3.8) is 0 Å². The molecule has 0 saturated heterocycles. The summed E-state index contributed by atoms with van der Waals surface area (Å²) in [6, 6.07) is 12.3. The normalized spacial score (nSPS) is 12.0. The Labute approximate surface area is 311 Å². The molecule has 6 nitrogen and oxygen atoms in total. The van der Waals surface area contributed by atoms with Crippen LogP contribution in [0.3, 0.4) is 0 Å². The zero-order valence-electron chi connectivity index (χ0n) is 27.7. The monoisotopic (exact) mass is 772 g/mol. The van der Waals surface area contributed by atoms with Crippen LogP contribution < -0.4 is 9.47 Å². The highest BCUT2D eigenvalue weighted by molar-refractivity contribution is 7.20. The van der Waals surface area contributed by atoms with Crippen molar-refractivity contribution in [2.45, 2.75) is 41.5 Å². The molecule has 0 atom stereocenters. The van der Waals surface area contributed by atoms with Crippen LogP contribution in [0.1, 0.15) is 65.2 Å². The van der Waals surface area contributed by atoms with Crippen LogP contribution in [-0.4, -0.2) is 23.5 Å². The lowest BCUT2D eigenvalue weighted by atomic mass is 9.93. The van der Waals surface area contributed by atoms with Gasteiger partial charge in [0.25, 0.3) is 0 Å². The molecule has 0 bridgehead atoms. The van der Waals surface area contributed by atoms with Crippen molar-refractivity contribution in [1.82, 2.24) is 0 Å². The topological polar surface area (TPSA) is 86.7 Å². The molecule has 0 N–H and O–H groups in total. The van der Waals surface area contributed by atoms with Crippen molar-refractivity contribution < 1.29 is 28.7 Å². The summed E-state index contributed by atoms with van der Waals surface area (Å²) < 4.78 is 15.2. The highest BCUT2D eigenvalue weighted by Crippen LogP contribution is 2.43. The van der Waals surface area contributed by atoms with Crippen molar-refractivity contribution in [3.05, 3.63) is 99.7 Å². The molecule has 0 aliphatic heterocycles. The minimum absolute atomic E-state index is 0.00653. The van der Waals surface area contributed by atoms with Crippen LogP contribution in [0.15, 0.2) is 57.9 Å². The number of benzene rings is 2. The average molecular weight is 773 g/mol. The van der Waals surface area contributed by atoms with E-state index in [0.29, 0.717) is 26.6 Å². The maximum absolute atomic E-state index is 12.2. The molecule has 8 aromatic rings. The number of carbonyl (C=O) groups is 4. The van der Waals surface area contributed by atoms with Crippen molar-refractivity contribution in [3.8, 4) is 11.5 Å². The number of ketones is 2. The molecule has 6 aromatic heterocycles. The predicted molar refractivity (Wildman–Crippen MR) is 211 cm³/mol. The van der Waals surface area contributed by atoms with Crippen LogP contribution in [0.5, 0.6) is 11.5 Å². The van der Waals surface area contributed by atoms with Gasteiger partial charge in [-0.1, -0.05) is 0 Å². The lowest BCUT2D eigenvalue weighted by molar-refractivity contribution is -0.132. The molecule has 1 aliphatic rings. The van der Waals surface area contributed by atoms with Gasteiger partial charge in [0.15, 0.2) is 11.5 Å². The van der Waals surface area contributed by atoms with E-state index in [4.69, 9.17) is 9.47 Å². The largest absolute Gasteiger partial charge is 0.424 e. The summed E-state index contributed by atoms with van der Waals surface area (Å²) in [5.74, 6) is 0.911. The first-order chi connectivity index (χ1) is 23.9. The van der Waals surface area contributed by atoms with Gasteiger partial charge < -0.3 is 9.47 Å². The number of carbonyl (C=O) groups excluding carboxylic acids is 4. The van der Waals surface area contributed by atoms with Gasteiger partial charge in [0.2, 0.25) is 11.6 Å². The van der Waals surface area contributed by atoms with Gasteiger partial charge in [-0.05, 0) is 102 Å². The Kier molecular flexibility index (Phi) is 9.35. The molecule has 252 valence electrons. The van der Waals surface area contributed by atoms with Crippen LogP contribution in [0, 0.1) is 27.7 Å². The third kappa shape index (κ3) is 6.25. The smallest absolute Gasteiger partial charge is 0.308 e. The molecular weight excluding hydrogens is 745 g/mol. The van der Waals surface area contributed by atoms with Gasteiger partial charge in [0, 0.05) is 60.3 Å². The summed E-state index contributed by atoms with van der Waals surface area (Å²) >= 11 is 9.41. The van der Waals surface area contributed by atoms with Gasteiger partial charge in [0.1, 0.15) is 0 Å². The first-order valence-electron chi connectivity index (χ1n) is 15.3. The standard InChI is InChI=1S/C14H12O2S2.2C12H8O2S2/c1-7-6-17-14-10(7)5-12-11(4-8(2)18-12)13(14)16-9(3)15;1-5-4-15-12-8(5)10(14)11-7(9(12)13)3-6(2)16-11;1-7(13)14-11-9-3-5-15-10(9)6-8-2-4-16-12(8)11/h4-6H,1-3H3;3-4H,1-2H3;2-6H,1H3. The van der Waals surface area contributed by atoms with Crippen molar-refractivity contribution in [2.24, 2.45) is 0 Å². The maximum atomic E-state index is 12.2. The number of rotatable bonds is 2. The number of hydrogen-bond acceptors (Lipinski definition) is 12. The molecule has 0 amide bonds. The minimum Gasteiger partial charge on any atom is -0.424 e. The number of fused-ring (bicyclic) bond motifs is 6. The van der Waals surface area contributed by atoms with Crippen molar-refractivity contribution >= 4 is 132 Å². The van der Waals surface area contributed by atoms with E-state index in [1.54, 1.807) is 45.3 Å². The van der Waals surface area contributed by atoms with Crippen molar-refractivity contribution in [2.75, 3.05) is 0 Å². The fraction of sp³-hybridized carbons (Fsp3) is 0.158. The lowest BCUT2D eigenvalue weighted by Crippen LogP contribution is -2.16. The fourth-order valence-corrected chi connectivity index (χ4v) is 11.5. The SMILES string of the molecule is CC(=O)Oc1c2cc(C)sc2cc2c(C)csc12.CC(=O)Oc1c2ccsc2cc2ccsc12.Cc1cc2c(s1)C(=O)c1c(C)csc1C2=O. The number of aryl methyl sites for hydroxylation is 4. The number of thiophene rings is 6. The van der Waals surface area contributed by atoms with Crippen LogP contribution in [0.4, 0.5) is 0 Å². The van der Waals surface area contributed by atoms with E-state index in [-0.39, 0.29) is 23.5 Å². The van der Waals surface area contributed by atoms with E-state index < -0.39 is 0 Å². The third-order valence-corrected chi connectivity index (χ3v) is 14.0. The Bertz CT molecular complexity index is 2600. The van der Waals surface area contributed by atoms with Gasteiger partial charge >= 0.3 is 11.9 Å². The highest BCUT2D eigenvalue weighted by atomic mass is 32.1. The Morgan fingerprint density at radius 3 is 2.02 bits per heavy atom. The maximum Gasteiger partial charge on any atom is 0.308 e. The highest BCUT2D eigenvalue weighted by Gasteiger charge is 2.34.